The fraction of sp³-hybridized carbons (Fsp3) is 0.333. The number of nitro groups is 1. The zero-order valence-electron chi connectivity index (χ0n) is 18.2. The van der Waals surface area contributed by atoms with Gasteiger partial charge in [-0.05, 0) is 37.1 Å². The van der Waals surface area contributed by atoms with Gasteiger partial charge in [0.1, 0.15) is 5.70 Å². The smallest absolute Gasteiger partial charge is 0.278 e. The van der Waals surface area contributed by atoms with Crippen LogP contribution in [0.15, 0.2) is 60.3 Å². The van der Waals surface area contributed by atoms with Gasteiger partial charge in [-0.1, -0.05) is 30.3 Å². The van der Waals surface area contributed by atoms with Crippen LogP contribution in [0.25, 0.3) is 5.57 Å². The van der Waals surface area contributed by atoms with Crippen LogP contribution >= 0.6 is 0 Å². The molecule has 1 fully saturated rings. The number of benzene rings is 2. The van der Waals surface area contributed by atoms with E-state index < -0.39 is 4.92 Å². The van der Waals surface area contributed by atoms with E-state index in [1.54, 1.807) is 12.1 Å². The van der Waals surface area contributed by atoms with Crippen LogP contribution in [-0.2, 0) is 16.1 Å². The predicted octanol–water partition coefficient (Wildman–Crippen LogP) is 2.90. The first-order valence-corrected chi connectivity index (χ1v) is 10.7. The Morgan fingerprint density at radius 3 is 2.09 bits per heavy atom. The summed E-state index contributed by atoms with van der Waals surface area (Å²) in [6, 6.07) is 15.8. The Labute approximate surface area is 186 Å². The Hall–Kier alpha value is -3.52. The molecule has 0 bridgehead atoms. The highest BCUT2D eigenvalue weighted by atomic mass is 16.6. The molecule has 0 aliphatic carbocycles. The van der Waals surface area contributed by atoms with E-state index in [9.17, 15) is 19.7 Å². The summed E-state index contributed by atoms with van der Waals surface area (Å²) in [5.41, 5.74) is 2.44. The van der Waals surface area contributed by atoms with Gasteiger partial charge in [0.25, 0.3) is 17.5 Å². The van der Waals surface area contributed by atoms with E-state index in [4.69, 9.17) is 0 Å². The second-order valence-corrected chi connectivity index (χ2v) is 8.35. The SMILES string of the molecule is CC(C)N1C(=O)C(c2ccc([N+](=O)[O-])cc2)=C(N2CCN(Cc3ccccc3)CC2)C1=O. The van der Waals surface area contributed by atoms with Crippen molar-refractivity contribution < 1.29 is 14.5 Å². The molecule has 0 saturated carbocycles. The third kappa shape index (κ3) is 4.13. The highest BCUT2D eigenvalue weighted by Crippen LogP contribution is 2.34. The summed E-state index contributed by atoms with van der Waals surface area (Å²) in [4.78, 5) is 42.6. The topological polar surface area (TPSA) is 87.0 Å². The predicted molar refractivity (Wildman–Crippen MR) is 120 cm³/mol. The lowest BCUT2D eigenvalue weighted by atomic mass is 10.0. The summed E-state index contributed by atoms with van der Waals surface area (Å²) in [5, 5.41) is 11.0. The first kappa shape index (κ1) is 21.7. The fourth-order valence-electron chi connectivity index (χ4n) is 4.28. The van der Waals surface area contributed by atoms with Crippen LogP contribution < -0.4 is 0 Å². The first-order valence-electron chi connectivity index (χ1n) is 10.7. The van der Waals surface area contributed by atoms with Crippen LogP contribution in [0.4, 0.5) is 5.69 Å². The molecule has 2 aromatic rings. The van der Waals surface area contributed by atoms with E-state index >= 15 is 0 Å². The monoisotopic (exact) mass is 434 g/mol. The molecule has 1 saturated heterocycles. The van der Waals surface area contributed by atoms with Gasteiger partial charge in [0.2, 0.25) is 0 Å². The van der Waals surface area contributed by atoms with E-state index in [0.717, 1.165) is 19.6 Å². The van der Waals surface area contributed by atoms with E-state index in [1.165, 1.54) is 22.6 Å². The molecule has 2 aromatic carbocycles. The van der Waals surface area contributed by atoms with Crippen LogP contribution in [0.5, 0.6) is 0 Å². The number of carbonyl (C=O) groups is 2. The number of imide groups is 1. The van der Waals surface area contributed by atoms with Crippen molar-refractivity contribution in [1.29, 1.82) is 0 Å². The van der Waals surface area contributed by atoms with Crippen LogP contribution in [-0.4, -0.2) is 63.7 Å². The van der Waals surface area contributed by atoms with Crippen LogP contribution in [0.1, 0.15) is 25.0 Å². The number of hydrogen-bond acceptors (Lipinski definition) is 6. The van der Waals surface area contributed by atoms with Crippen molar-refractivity contribution >= 4 is 23.1 Å². The van der Waals surface area contributed by atoms with Crippen molar-refractivity contribution in [2.24, 2.45) is 0 Å². The lowest BCUT2D eigenvalue weighted by Crippen LogP contribution is -2.47. The molecule has 2 amide bonds. The van der Waals surface area contributed by atoms with Crippen molar-refractivity contribution in [3.8, 4) is 0 Å². The van der Waals surface area contributed by atoms with E-state index in [-0.39, 0.29) is 23.5 Å². The molecule has 8 heteroatoms. The van der Waals surface area contributed by atoms with Gasteiger partial charge in [-0.25, -0.2) is 0 Å². The molecule has 2 aliphatic rings. The maximum absolute atomic E-state index is 13.3. The van der Waals surface area contributed by atoms with Crippen molar-refractivity contribution in [2.75, 3.05) is 26.2 Å². The Morgan fingerprint density at radius 2 is 1.53 bits per heavy atom. The van der Waals surface area contributed by atoms with Gasteiger partial charge in [-0.3, -0.25) is 29.5 Å². The lowest BCUT2D eigenvalue weighted by molar-refractivity contribution is -0.384. The molecule has 0 N–H and O–H groups in total. The van der Waals surface area contributed by atoms with Gasteiger partial charge >= 0.3 is 0 Å². The van der Waals surface area contributed by atoms with Crippen molar-refractivity contribution in [2.45, 2.75) is 26.4 Å². The second kappa shape index (κ2) is 8.92. The van der Waals surface area contributed by atoms with Gasteiger partial charge in [0.05, 0.1) is 10.5 Å². The van der Waals surface area contributed by atoms with Crippen LogP contribution in [0.2, 0.25) is 0 Å². The molecule has 0 spiro atoms. The van der Waals surface area contributed by atoms with Crippen molar-refractivity contribution in [1.82, 2.24) is 14.7 Å². The number of hydrogen-bond donors (Lipinski definition) is 0. The Kier molecular flexibility index (Phi) is 6.05. The van der Waals surface area contributed by atoms with E-state index in [2.05, 4.69) is 17.0 Å². The van der Waals surface area contributed by atoms with Crippen LogP contribution in [0.3, 0.4) is 0 Å². The molecule has 0 unspecified atom stereocenters. The maximum atomic E-state index is 13.3. The van der Waals surface area contributed by atoms with Crippen molar-refractivity contribution in [3.63, 3.8) is 0 Å². The molecule has 0 radical (unpaired) electrons. The summed E-state index contributed by atoms with van der Waals surface area (Å²) in [7, 11) is 0. The lowest BCUT2D eigenvalue weighted by Gasteiger charge is -2.36. The first-order chi connectivity index (χ1) is 15.4. The van der Waals surface area contributed by atoms with E-state index in [0.29, 0.717) is 29.9 Å². The van der Waals surface area contributed by atoms with Gasteiger partial charge in [0, 0.05) is 50.9 Å². The summed E-state index contributed by atoms with van der Waals surface area (Å²) in [6.07, 6.45) is 0. The number of piperazine rings is 1. The number of amides is 2. The minimum absolute atomic E-state index is 0.0529. The Balaban J connectivity index is 1.60. The fourth-order valence-corrected chi connectivity index (χ4v) is 4.28. The third-order valence-corrected chi connectivity index (χ3v) is 5.91. The van der Waals surface area contributed by atoms with Gasteiger partial charge in [0.15, 0.2) is 0 Å². The molecule has 166 valence electrons. The molecule has 2 heterocycles. The molecule has 8 nitrogen and oxygen atoms in total. The molecule has 0 aromatic heterocycles. The zero-order chi connectivity index (χ0) is 22.8. The molecule has 0 atom stereocenters. The van der Waals surface area contributed by atoms with Crippen LogP contribution in [0, 0.1) is 10.1 Å². The zero-order valence-corrected chi connectivity index (χ0v) is 18.2. The highest BCUT2D eigenvalue weighted by molar-refractivity contribution is 6.35. The molecular weight excluding hydrogens is 408 g/mol. The maximum Gasteiger partial charge on any atom is 0.278 e. The van der Waals surface area contributed by atoms with Gasteiger partial charge < -0.3 is 4.90 Å². The number of rotatable bonds is 6. The molecule has 32 heavy (non-hydrogen) atoms. The van der Waals surface area contributed by atoms with Gasteiger partial charge in [-0.2, -0.15) is 0 Å². The minimum atomic E-state index is -0.479. The summed E-state index contributed by atoms with van der Waals surface area (Å²) >= 11 is 0. The second-order valence-electron chi connectivity index (χ2n) is 8.35. The average Bonchev–Trinajstić information content (AvgIpc) is 3.05. The molecular formula is C24H26N4O4. The largest absolute Gasteiger partial charge is 0.364 e. The number of nitrogens with zero attached hydrogens (tertiary/aromatic N) is 4. The highest BCUT2D eigenvalue weighted by Gasteiger charge is 2.43. The summed E-state index contributed by atoms with van der Waals surface area (Å²) in [6.45, 7) is 7.26. The summed E-state index contributed by atoms with van der Waals surface area (Å²) < 4.78 is 0. The molecule has 2 aliphatic heterocycles. The van der Waals surface area contributed by atoms with E-state index in [1.807, 2.05) is 36.9 Å². The quantitative estimate of drug-likeness (QED) is 0.395. The molecule has 4 rings (SSSR count). The summed E-state index contributed by atoms with van der Waals surface area (Å²) in [5.74, 6) is -0.643. The Bertz CT molecular complexity index is 1060. The van der Waals surface area contributed by atoms with Gasteiger partial charge in [-0.15, -0.1) is 0 Å². The number of nitro benzene ring substituents is 1. The average molecular weight is 434 g/mol. The Morgan fingerprint density at radius 1 is 0.906 bits per heavy atom. The number of non-ortho nitro benzene ring substituents is 1. The minimum Gasteiger partial charge on any atom is -0.364 e. The standard InChI is InChI=1S/C24H26N4O4/c1-17(2)27-23(29)21(19-8-10-20(11-9-19)28(31)32)22(24(27)30)26-14-12-25(13-15-26)16-18-6-4-3-5-7-18/h3-11,17H,12-16H2,1-2H3. The normalized spacial score (nSPS) is 17.6. The number of carbonyl (C=O) groups excluding carboxylic acids is 2. The van der Waals surface area contributed by atoms with Crippen molar-refractivity contribution in [3.05, 3.63) is 81.5 Å². The third-order valence-electron chi connectivity index (χ3n) is 5.91.